The molecule has 12 nitrogen and oxygen atoms in total. The van der Waals surface area contributed by atoms with Crippen LogP contribution in [0, 0.1) is 11.8 Å². The Kier molecular flexibility index (Phi) is 18.3. The maximum Gasteiger partial charge on any atom is 0.326 e. The number of carbonyl (C=O) groups is 5. The predicted octanol–water partition coefficient (Wildman–Crippen LogP) is 1.16. The Morgan fingerprint density at radius 1 is 0.795 bits per heavy atom. The van der Waals surface area contributed by atoms with Crippen LogP contribution in [0.15, 0.2) is 30.3 Å². The zero-order valence-corrected chi connectivity index (χ0v) is 27.5. The summed E-state index contributed by atoms with van der Waals surface area (Å²) in [5, 5.41) is 20.4. The van der Waals surface area contributed by atoms with Crippen LogP contribution in [0.5, 0.6) is 0 Å². The van der Waals surface area contributed by atoms with E-state index in [0.29, 0.717) is 38.0 Å². The number of aliphatic carboxylic acids is 1. The fourth-order valence-electron chi connectivity index (χ4n) is 4.49. The van der Waals surface area contributed by atoms with Crippen molar-refractivity contribution in [2.45, 2.75) is 96.4 Å². The van der Waals surface area contributed by atoms with E-state index < -0.39 is 65.7 Å². The molecule has 13 heteroatoms. The third kappa shape index (κ3) is 14.5. The van der Waals surface area contributed by atoms with Gasteiger partial charge in [0.1, 0.15) is 24.2 Å². The predicted molar refractivity (Wildman–Crippen MR) is 174 cm³/mol. The van der Waals surface area contributed by atoms with Gasteiger partial charge in [-0.05, 0) is 68.1 Å². The summed E-state index contributed by atoms with van der Waals surface area (Å²) >= 11 is 1.57. The Morgan fingerprint density at radius 2 is 1.36 bits per heavy atom. The average Bonchev–Trinajstić information content (AvgIpc) is 2.97. The molecule has 0 radical (unpaired) electrons. The molecule has 1 rings (SSSR count). The SMILES string of the molecule is CSCC[C@H](N)C(=O)N[C@@H](CC(C)C)C(=O)N[C@@H](CCCCN)C(=O)N[C@@H](Cc1ccccc1)C(=O)N[C@H](C(=O)O)C(C)C. The Morgan fingerprint density at radius 3 is 1.91 bits per heavy atom. The summed E-state index contributed by atoms with van der Waals surface area (Å²) in [6, 6.07) is 4.03. The lowest BCUT2D eigenvalue weighted by Crippen LogP contribution is -2.59. The second-order valence-corrected chi connectivity index (χ2v) is 12.7. The van der Waals surface area contributed by atoms with Gasteiger partial charge >= 0.3 is 5.97 Å². The first-order chi connectivity index (χ1) is 20.8. The van der Waals surface area contributed by atoms with Crippen LogP contribution in [-0.4, -0.2) is 83.5 Å². The largest absolute Gasteiger partial charge is 0.480 e. The molecule has 4 amide bonds. The van der Waals surface area contributed by atoms with Gasteiger partial charge in [0.25, 0.3) is 0 Å². The molecule has 0 aliphatic rings. The van der Waals surface area contributed by atoms with Gasteiger partial charge in [-0.25, -0.2) is 4.79 Å². The number of nitrogens with one attached hydrogen (secondary N) is 4. The molecule has 5 atom stereocenters. The molecule has 248 valence electrons. The molecular formula is C31H52N6O6S. The van der Waals surface area contributed by atoms with Gasteiger partial charge in [0.05, 0.1) is 6.04 Å². The van der Waals surface area contributed by atoms with Crippen molar-refractivity contribution in [3.8, 4) is 0 Å². The minimum absolute atomic E-state index is 0.0556. The lowest BCUT2D eigenvalue weighted by Gasteiger charge is -2.27. The zero-order chi connectivity index (χ0) is 33.2. The summed E-state index contributed by atoms with van der Waals surface area (Å²) in [4.78, 5) is 65.0. The summed E-state index contributed by atoms with van der Waals surface area (Å²) in [5.74, 6) is -3.06. The van der Waals surface area contributed by atoms with Crippen LogP contribution in [0.1, 0.15) is 65.4 Å². The van der Waals surface area contributed by atoms with Crippen molar-refractivity contribution in [3.63, 3.8) is 0 Å². The number of carboxylic acids is 1. The average molecular weight is 637 g/mol. The highest BCUT2D eigenvalue weighted by Gasteiger charge is 2.32. The van der Waals surface area contributed by atoms with E-state index in [0.717, 1.165) is 5.56 Å². The number of unbranched alkanes of at least 4 members (excludes halogenated alkanes) is 1. The number of thioether (sulfide) groups is 1. The van der Waals surface area contributed by atoms with E-state index in [9.17, 15) is 29.1 Å². The maximum atomic E-state index is 13.7. The van der Waals surface area contributed by atoms with Crippen LogP contribution >= 0.6 is 11.8 Å². The van der Waals surface area contributed by atoms with E-state index in [2.05, 4.69) is 21.3 Å². The Labute approximate surface area is 265 Å². The van der Waals surface area contributed by atoms with Crippen molar-refractivity contribution in [1.29, 1.82) is 0 Å². The first-order valence-corrected chi connectivity index (χ1v) is 16.6. The number of amides is 4. The van der Waals surface area contributed by atoms with Crippen LogP contribution in [0.2, 0.25) is 0 Å². The second kappa shape index (κ2) is 20.7. The van der Waals surface area contributed by atoms with Gasteiger partial charge in [-0.3, -0.25) is 19.2 Å². The molecule has 9 N–H and O–H groups in total. The smallest absolute Gasteiger partial charge is 0.326 e. The number of benzene rings is 1. The highest BCUT2D eigenvalue weighted by Crippen LogP contribution is 2.11. The normalized spacial score (nSPS) is 14.7. The van der Waals surface area contributed by atoms with Crippen LogP contribution in [0.25, 0.3) is 0 Å². The third-order valence-electron chi connectivity index (χ3n) is 7.04. The molecule has 0 saturated carbocycles. The van der Waals surface area contributed by atoms with Gasteiger partial charge in [-0.2, -0.15) is 11.8 Å². The first-order valence-electron chi connectivity index (χ1n) is 15.2. The maximum absolute atomic E-state index is 13.7. The summed E-state index contributed by atoms with van der Waals surface area (Å²) in [5.41, 5.74) is 12.4. The third-order valence-corrected chi connectivity index (χ3v) is 7.68. The number of nitrogens with two attached hydrogens (primary N) is 2. The van der Waals surface area contributed by atoms with Crippen LogP contribution in [0.4, 0.5) is 0 Å². The molecule has 0 heterocycles. The number of carbonyl (C=O) groups excluding carboxylic acids is 4. The molecule has 0 fully saturated rings. The molecule has 0 aliphatic heterocycles. The molecule has 0 aliphatic carbocycles. The van der Waals surface area contributed by atoms with Crippen molar-refractivity contribution in [1.82, 2.24) is 21.3 Å². The lowest BCUT2D eigenvalue weighted by atomic mass is 10.00. The van der Waals surface area contributed by atoms with Gasteiger partial charge in [0.15, 0.2) is 0 Å². The molecule has 1 aromatic rings. The standard InChI is InChI=1S/C31H52N6O6S/c1-19(2)17-24(35-27(38)22(33)14-16-44-5)29(40)34-23(13-9-10-15-32)28(39)36-25(18-21-11-7-6-8-12-21)30(41)37-26(20(3)4)31(42)43/h6-8,11-12,19-20,22-26H,9-10,13-18,32-33H2,1-5H3,(H,34,40)(H,35,38)(H,36,39)(H,37,41)(H,42,43)/t22-,23-,24-,25-,26-/m0/s1. The second-order valence-electron chi connectivity index (χ2n) is 11.7. The van der Waals surface area contributed by atoms with Gasteiger partial charge in [-0.15, -0.1) is 0 Å². The Hall–Kier alpha value is -3.16. The minimum atomic E-state index is -1.18. The Bertz CT molecular complexity index is 1060. The van der Waals surface area contributed by atoms with Crippen molar-refractivity contribution in [2.24, 2.45) is 23.3 Å². The fourth-order valence-corrected chi connectivity index (χ4v) is 4.98. The summed E-state index contributed by atoms with van der Waals surface area (Å²) in [6.07, 6.45) is 4.18. The van der Waals surface area contributed by atoms with Gasteiger partial charge < -0.3 is 37.8 Å². The molecule has 0 bridgehead atoms. The van der Waals surface area contributed by atoms with Gasteiger partial charge in [0, 0.05) is 6.42 Å². The van der Waals surface area contributed by atoms with E-state index in [1.807, 2.05) is 26.2 Å². The quantitative estimate of drug-likeness (QED) is 0.0966. The van der Waals surface area contributed by atoms with E-state index in [1.54, 1.807) is 49.9 Å². The summed E-state index contributed by atoms with van der Waals surface area (Å²) in [6.45, 7) is 7.58. The molecule has 44 heavy (non-hydrogen) atoms. The lowest BCUT2D eigenvalue weighted by molar-refractivity contribution is -0.143. The number of hydrogen-bond acceptors (Lipinski definition) is 8. The molecule has 0 aromatic heterocycles. The Balaban J connectivity index is 3.22. The highest BCUT2D eigenvalue weighted by atomic mass is 32.2. The van der Waals surface area contributed by atoms with E-state index in [4.69, 9.17) is 11.5 Å². The molecular weight excluding hydrogens is 584 g/mol. The van der Waals surface area contributed by atoms with E-state index in [1.165, 1.54) is 0 Å². The number of hydrogen-bond donors (Lipinski definition) is 7. The van der Waals surface area contributed by atoms with Gasteiger partial charge in [0.2, 0.25) is 23.6 Å². The summed E-state index contributed by atoms with van der Waals surface area (Å²) < 4.78 is 0. The molecule has 1 aromatic carbocycles. The fraction of sp³-hybridized carbons (Fsp3) is 0.645. The monoisotopic (exact) mass is 636 g/mol. The van der Waals surface area contributed by atoms with Crippen molar-refractivity contribution in [3.05, 3.63) is 35.9 Å². The summed E-state index contributed by atoms with van der Waals surface area (Å²) in [7, 11) is 0. The van der Waals surface area contributed by atoms with E-state index in [-0.39, 0.29) is 18.8 Å². The minimum Gasteiger partial charge on any atom is -0.480 e. The van der Waals surface area contributed by atoms with Crippen molar-refractivity contribution < 1.29 is 29.1 Å². The zero-order valence-electron chi connectivity index (χ0n) is 26.6. The van der Waals surface area contributed by atoms with Crippen molar-refractivity contribution >= 4 is 41.4 Å². The van der Waals surface area contributed by atoms with Gasteiger partial charge in [-0.1, -0.05) is 58.0 Å². The first kappa shape index (κ1) is 38.9. The number of rotatable bonds is 21. The highest BCUT2D eigenvalue weighted by molar-refractivity contribution is 7.98. The van der Waals surface area contributed by atoms with Crippen LogP contribution in [0.3, 0.4) is 0 Å². The van der Waals surface area contributed by atoms with Crippen LogP contribution in [-0.2, 0) is 30.4 Å². The van der Waals surface area contributed by atoms with Crippen LogP contribution < -0.4 is 32.7 Å². The molecule has 0 spiro atoms. The molecule has 0 saturated heterocycles. The topological polar surface area (TPSA) is 206 Å². The van der Waals surface area contributed by atoms with E-state index >= 15 is 0 Å². The molecule has 0 unspecified atom stereocenters. The number of carboxylic acid groups (broad SMARTS) is 1. The van der Waals surface area contributed by atoms with Crippen molar-refractivity contribution in [2.75, 3.05) is 18.6 Å².